The van der Waals surface area contributed by atoms with E-state index in [1.54, 1.807) is 6.07 Å². The molecule has 1 heterocycles. The number of hydrogen-bond acceptors (Lipinski definition) is 3. The van der Waals surface area contributed by atoms with E-state index in [4.69, 9.17) is 11.6 Å². The highest BCUT2D eigenvalue weighted by molar-refractivity contribution is 6.29. The first-order valence-electron chi connectivity index (χ1n) is 5.39. The van der Waals surface area contributed by atoms with Crippen LogP contribution in [0.15, 0.2) is 12.4 Å². The quantitative estimate of drug-likeness (QED) is 0.808. The number of nitrogens with one attached hydrogen (secondary N) is 1. The third-order valence-corrected chi connectivity index (χ3v) is 3.34. The summed E-state index contributed by atoms with van der Waals surface area (Å²) in [5.74, 6) is 0.498. The van der Waals surface area contributed by atoms with Crippen molar-refractivity contribution in [1.29, 1.82) is 0 Å². The number of aromatic nitrogens is 2. The van der Waals surface area contributed by atoms with Gasteiger partial charge in [-0.3, -0.25) is 4.79 Å². The van der Waals surface area contributed by atoms with E-state index < -0.39 is 0 Å². The topological polar surface area (TPSA) is 54.9 Å². The van der Waals surface area contributed by atoms with Crippen LogP contribution in [0, 0.1) is 5.41 Å². The summed E-state index contributed by atoms with van der Waals surface area (Å²) >= 11 is 5.72. The van der Waals surface area contributed by atoms with Gasteiger partial charge < -0.3 is 5.32 Å². The maximum atomic E-state index is 12.0. The number of halogens is 1. The fraction of sp³-hybridized carbons (Fsp3) is 0.545. The van der Waals surface area contributed by atoms with E-state index in [1.807, 2.05) is 6.92 Å². The van der Waals surface area contributed by atoms with Gasteiger partial charge >= 0.3 is 0 Å². The minimum absolute atomic E-state index is 0.0276. The molecule has 0 spiro atoms. The molecule has 86 valence electrons. The van der Waals surface area contributed by atoms with Crippen molar-refractivity contribution in [3.8, 4) is 0 Å². The van der Waals surface area contributed by atoms with Gasteiger partial charge in [0.25, 0.3) is 0 Å². The Labute approximate surface area is 99.4 Å². The van der Waals surface area contributed by atoms with Crippen LogP contribution in [0.1, 0.15) is 32.6 Å². The molecule has 0 atom stereocenters. The summed E-state index contributed by atoms with van der Waals surface area (Å²) in [6, 6.07) is 1.55. The molecule has 1 N–H and O–H groups in total. The summed E-state index contributed by atoms with van der Waals surface area (Å²) in [6.45, 7) is 2.00. The molecule has 1 aromatic heterocycles. The number of rotatable bonds is 2. The number of anilines is 1. The molecule has 0 radical (unpaired) electrons. The molecule has 0 aromatic carbocycles. The number of amides is 1. The first-order valence-corrected chi connectivity index (χ1v) is 5.77. The van der Waals surface area contributed by atoms with E-state index in [0.29, 0.717) is 11.0 Å². The number of carbonyl (C=O) groups excluding carboxylic acids is 1. The van der Waals surface area contributed by atoms with Crippen LogP contribution in [0.4, 0.5) is 5.82 Å². The summed E-state index contributed by atoms with van der Waals surface area (Å²) in [6.07, 6.45) is 5.47. The van der Waals surface area contributed by atoms with Crippen molar-refractivity contribution in [3.05, 3.63) is 17.5 Å². The van der Waals surface area contributed by atoms with E-state index in [9.17, 15) is 4.79 Å². The summed E-state index contributed by atoms with van der Waals surface area (Å²) in [5, 5.41) is 3.13. The lowest BCUT2D eigenvalue weighted by molar-refractivity contribution is -0.124. The monoisotopic (exact) mass is 239 g/mol. The van der Waals surface area contributed by atoms with Gasteiger partial charge in [0.2, 0.25) is 5.91 Å². The minimum Gasteiger partial charge on any atom is -0.310 e. The highest BCUT2D eigenvalue weighted by Gasteiger charge is 2.36. The van der Waals surface area contributed by atoms with Crippen molar-refractivity contribution in [3.63, 3.8) is 0 Å². The van der Waals surface area contributed by atoms with Gasteiger partial charge in [-0.15, -0.1) is 0 Å². The molecule has 1 aliphatic carbocycles. The van der Waals surface area contributed by atoms with Gasteiger partial charge in [0.05, 0.1) is 0 Å². The van der Waals surface area contributed by atoms with Crippen molar-refractivity contribution in [1.82, 2.24) is 9.97 Å². The maximum absolute atomic E-state index is 12.0. The summed E-state index contributed by atoms with van der Waals surface area (Å²) in [7, 11) is 0. The van der Waals surface area contributed by atoms with Crippen LogP contribution >= 0.6 is 11.6 Å². The summed E-state index contributed by atoms with van der Waals surface area (Å²) in [4.78, 5) is 19.8. The molecule has 1 fully saturated rings. The van der Waals surface area contributed by atoms with Crippen LogP contribution in [0.2, 0.25) is 5.15 Å². The predicted molar refractivity (Wildman–Crippen MR) is 62.2 cm³/mol. The van der Waals surface area contributed by atoms with E-state index in [1.165, 1.54) is 6.33 Å². The van der Waals surface area contributed by atoms with Gasteiger partial charge in [0, 0.05) is 11.5 Å². The molecule has 1 amide bonds. The molecule has 1 saturated carbocycles. The van der Waals surface area contributed by atoms with E-state index in [2.05, 4.69) is 15.3 Å². The maximum Gasteiger partial charge on any atom is 0.231 e. The van der Waals surface area contributed by atoms with Crippen molar-refractivity contribution < 1.29 is 4.79 Å². The van der Waals surface area contributed by atoms with Gasteiger partial charge in [-0.1, -0.05) is 31.4 Å². The van der Waals surface area contributed by atoms with Crippen molar-refractivity contribution in [2.75, 3.05) is 5.32 Å². The van der Waals surface area contributed by atoms with Crippen LogP contribution in [-0.4, -0.2) is 15.9 Å². The van der Waals surface area contributed by atoms with Crippen LogP contribution in [0.25, 0.3) is 0 Å². The van der Waals surface area contributed by atoms with Crippen LogP contribution in [-0.2, 0) is 4.79 Å². The Kier molecular flexibility index (Phi) is 3.10. The third kappa shape index (κ3) is 2.32. The van der Waals surface area contributed by atoms with E-state index in [0.717, 1.165) is 25.7 Å². The highest BCUT2D eigenvalue weighted by atomic mass is 35.5. The molecule has 0 aliphatic heterocycles. The molecule has 0 saturated heterocycles. The number of hydrogen-bond donors (Lipinski definition) is 1. The highest BCUT2D eigenvalue weighted by Crippen LogP contribution is 2.38. The molecule has 2 rings (SSSR count). The normalized spacial score (nSPS) is 18.4. The van der Waals surface area contributed by atoms with E-state index >= 15 is 0 Å². The fourth-order valence-electron chi connectivity index (χ4n) is 2.05. The first-order chi connectivity index (χ1) is 7.60. The van der Waals surface area contributed by atoms with Crippen LogP contribution < -0.4 is 5.32 Å². The van der Waals surface area contributed by atoms with Gasteiger partial charge in [-0.25, -0.2) is 9.97 Å². The third-order valence-electron chi connectivity index (χ3n) is 3.13. The Morgan fingerprint density at radius 2 is 2.12 bits per heavy atom. The lowest BCUT2D eigenvalue weighted by Gasteiger charge is -2.21. The largest absolute Gasteiger partial charge is 0.310 e. The Morgan fingerprint density at radius 1 is 1.44 bits per heavy atom. The second-order valence-corrected chi connectivity index (χ2v) is 4.84. The second-order valence-electron chi connectivity index (χ2n) is 4.45. The smallest absolute Gasteiger partial charge is 0.231 e. The van der Waals surface area contributed by atoms with E-state index in [-0.39, 0.29) is 11.3 Å². The van der Waals surface area contributed by atoms with Crippen molar-refractivity contribution >= 4 is 23.3 Å². The summed E-state index contributed by atoms with van der Waals surface area (Å²) < 4.78 is 0. The minimum atomic E-state index is -0.253. The lowest BCUT2D eigenvalue weighted by atomic mass is 9.88. The molecule has 16 heavy (non-hydrogen) atoms. The van der Waals surface area contributed by atoms with Gasteiger partial charge in [-0.2, -0.15) is 0 Å². The second kappa shape index (κ2) is 4.37. The molecule has 1 aliphatic rings. The Bertz CT molecular complexity index is 402. The molecular weight excluding hydrogens is 226 g/mol. The number of carbonyl (C=O) groups is 1. The molecular formula is C11H14ClN3O. The van der Waals surface area contributed by atoms with Crippen LogP contribution in [0.3, 0.4) is 0 Å². The summed E-state index contributed by atoms with van der Waals surface area (Å²) in [5.41, 5.74) is -0.253. The van der Waals surface area contributed by atoms with Crippen molar-refractivity contribution in [2.45, 2.75) is 32.6 Å². The Morgan fingerprint density at radius 3 is 2.75 bits per heavy atom. The Hall–Kier alpha value is -1.16. The number of nitrogens with zero attached hydrogens (tertiary/aromatic N) is 2. The first kappa shape index (κ1) is 11.3. The average molecular weight is 240 g/mol. The zero-order valence-electron chi connectivity index (χ0n) is 9.16. The van der Waals surface area contributed by atoms with Crippen molar-refractivity contribution in [2.24, 2.45) is 5.41 Å². The van der Waals surface area contributed by atoms with Gasteiger partial charge in [0.1, 0.15) is 17.3 Å². The fourth-order valence-corrected chi connectivity index (χ4v) is 2.20. The standard InChI is InChI=1S/C11H14ClN3O/c1-11(4-2-3-5-11)10(16)15-9-6-8(12)13-7-14-9/h6-7H,2-5H2,1H3,(H,13,14,15,16). The molecule has 0 bridgehead atoms. The SMILES string of the molecule is CC1(C(=O)Nc2cc(Cl)ncn2)CCCC1. The molecule has 0 unspecified atom stereocenters. The van der Waals surface area contributed by atoms with Gasteiger partial charge in [0.15, 0.2) is 0 Å². The zero-order chi connectivity index (χ0) is 11.6. The average Bonchev–Trinajstić information content (AvgIpc) is 2.66. The van der Waals surface area contributed by atoms with Crippen LogP contribution in [0.5, 0.6) is 0 Å². The predicted octanol–water partition coefficient (Wildman–Crippen LogP) is 2.65. The Balaban J connectivity index is 2.07. The van der Waals surface area contributed by atoms with Gasteiger partial charge in [-0.05, 0) is 12.8 Å². The molecule has 5 heteroatoms. The lowest BCUT2D eigenvalue weighted by Crippen LogP contribution is -2.31. The molecule has 4 nitrogen and oxygen atoms in total. The molecule has 1 aromatic rings. The zero-order valence-corrected chi connectivity index (χ0v) is 9.92.